The fraction of sp³-hybridized carbons (Fsp3) is 0.423. The number of piperidine rings is 1. The molecule has 34 heavy (non-hydrogen) atoms. The second-order valence-corrected chi connectivity index (χ2v) is 8.88. The Morgan fingerprint density at radius 2 is 1.88 bits per heavy atom. The third kappa shape index (κ3) is 6.07. The summed E-state index contributed by atoms with van der Waals surface area (Å²) in [6.07, 6.45) is 3.48. The predicted molar refractivity (Wildman–Crippen MR) is 132 cm³/mol. The van der Waals surface area contributed by atoms with Crippen LogP contribution >= 0.6 is 0 Å². The van der Waals surface area contributed by atoms with Crippen LogP contribution in [0.2, 0.25) is 0 Å². The van der Waals surface area contributed by atoms with Crippen LogP contribution in [0.4, 0.5) is 4.79 Å². The lowest BCUT2D eigenvalue weighted by atomic mass is 9.93. The van der Waals surface area contributed by atoms with Crippen molar-refractivity contribution in [2.24, 2.45) is 5.92 Å². The van der Waals surface area contributed by atoms with Crippen LogP contribution in [0.5, 0.6) is 5.75 Å². The first-order valence-corrected chi connectivity index (χ1v) is 11.9. The molecule has 0 aliphatic carbocycles. The summed E-state index contributed by atoms with van der Waals surface area (Å²) in [7, 11) is 1.64. The minimum Gasteiger partial charge on any atom is -0.497 e. The van der Waals surface area contributed by atoms with E-state index >= 15 is 0 Å². The first-order chi connectivity index (χ1) is 16.5. The molecular weight excluding hydrogens is 430 g/mol. The number of fused-ring (bicyclic) bond motifs is 1. The summed E-state index contributed by atoms with van der Waals surface area (Å²) in [5.74, 6) is 2.19. The number of nitrogens with zero attached hydrogens (tertiary/aromatic N) is 2. The van der Waals surface area contributed by atoms with E-state index in [0.29, 0.717) is 18.9 Å². The number of carbonyl (C=O) groups is 2. The predicted octanol–water partition coefficient (Wildman–Crippen LogP) is 3.80. The van der Waals surface area contributed by atoms with Crippen molar-refractivity contribution in [1.29, 1.82) is 0 Å². The second kappa shape index (κ2) is 11.0. The van der Waals surface area contributed by atoms with E-state index in [9.17, 15) is 9.59 Å². The normalized spacial score (nSPS) is 15.2. The van der Waals surface area contributed by atoms with Gasteiger partial charge in [0.15, 0.2) is 0 Å². The van der Waals surface area contributed by atoms with E-state index < -0.39 is 0 Å². The standard InChI is InChI=1S/C26H33N5O3/c1-18(32)31-15-12-19(13-16-31)11-14-27-26(33)30-24(17-20-7-9-21(34-2)10-8-20)25-28-22-5-3-4-6-23(22)29-25/h3-10,19,24H,11-17H2,1-2H3,(H,28,29)(H2,27,30,33). The van der Waals surface area contributed by atoms with Crippen molar-refractivity contribution in [2.45, 2.75) is 38.6 Å². The molecule has 0 bridgehead atoms. The monoisotopic (exact) mass is 463 g/mol. The van der Waals surface area contributed by atoms with Crippen LogP contribution in [0, 0.1) is 5.92 Å². The fourth-order valence-corrected chi connectivity index (χ4v) is 4.49. The van der Waals surface area contributed by atoms with Crippen molar-refractivity contribution in [3.63, 3.8) is 0 Å². The molecule has 2 heterocycles. The molecule has 180 valence electrons. The van der Waals surface area contributed by atoms with Gasteiger partial charge in [-0.3, -0.25) is 4.79 Å². The van der Waals surface area contributed by atoms with Crippen LogP contribution in [-0.4, -0.2) is 53.6 Å². The van der Waals surface area contributed by atoms with E-state index in [4.69, 9.17) is 9.72 Å². The summed E-state index contributed by atoms with van der Waals surface area (Å²) in [6, 6.07) is 15.2. The van der Waals surface area contributed by atoms with Crippen molar-refractivity contribution < 1.29 is 14.3 Å². The molecule has 1 unspecified atom stereocenters. The van der Waals surface area contributed by atoms with Gasteiger partial charge in [-0.05, 0) is 61.4 Å². The van der Waals surface area contributed by atoms with E-state index in [1.54, 1.807) is 14.0 Å². The Morgan fingerprint density at radius 1 is 1.15 bits per heavy atom. The number of nitrogens with one attached hydrogen (secondary N) is 3. The molecule has 3 aromatic rings. The van der Waals surface area contributed by atoms with Gasteiger partial charge in [-0.15, -0.1) is 0 Å². The summed E-state index contributed by atoms with van der Waals surface area (Å²) < 4.78 is 5.26. The SMILES string of the molecule is COc1ccc(CC(NC(=O)NCCC2CCN(C(C)=O)CC2)c2nc3ccccc3[nH]2)cc1. The molecule has 2 aromatic carbocycles. The van der Waals surface area contributed by atoms with Crippen molar-refractivity contribution in [1.82, 2.24) is 25.5 Å². The minimum absolute atomic E-state index is 0.143. The van der Waals surface area contributed by atoms with Crippen molar-refractivity contribution in [3.8, 4) is 5.75 Å². The van der Waals surface area contributed by atoms with Crippen molar-refractivity contribution >= 4 is 23.0 Å². The number of H-pyrrole nitrogens is 1. The average molecular weight is 464 g/mol. The Hall–Kier alpha value is -3.55. The molecule has 0 radical (unpaired) electrons. The van der Waals surface area contributed by atoms with E-state index in [0.717, 1.165) is 60.5 Å². The quantitative estimate of drug-likeness (QED) is 0.473. The van der Waals surface area contributed by atoms with Crippen molar-refractivity contribution in [3.05, 3.63) is 59.9 Å². The zero-order valence-corrected chi connectivity index (χ0v) is 19.8. The van der Waals surface area contributed by atoms with Crippen LogP contribution in [0.25, 0.3) is 11.0 Å². The van der Waals surface area contributed by atoms with Crippen LogP contribution in [-0.2, 0) is 11.2 Å². The summed E-state index contributed by atoms with van der Waals surface area (Å²) in [5.41, 5.74) is 2.89. The molecular formula is C26H33N5O3. The zero-order chi connectivity index (χ0) is 23.9. The highest BCUT2D eigenvalue weighted by atomic mass is 16.5. The Kier molecular flexibility index (Phi) is 7.67. The number of imidazole rings is 1. The number of hydrogen-bond acceptors (Lipinski definition) is 4. The number of benzene rings is 2. The number of ether oxygens (including phenoxy) is 1. The van der Waals surface area contributed by atoms with Gasteiger partial charge in [0.25, 0.3) is 0 Å². The molecule has 1 atom stereocenters. The molecule has 8 nitrogen and oxygen atoms in total. The van der Waals surface area contributed by atoms with Gasteiger partial charge < -0.3 is 25.3 Å². The number of carbonyl (C=O) groups excluding carboxylic acids is 2. The maximum absolute atomic E-state index is 12.8. The Labute approximate surface area is 200 Å². The minimum atomic E-state index is -0.306. The lowest BCUT2D eigenvalue weighted by Crippen LogP contribution is -2.41. The molecule has 0 saturated carbocycles. The highest BCUT2D eigenvalue weighted by molar-refractivity contribution is 5.76. The largest absolute Gasteiger partial charge is 0.497 e. The second-order valence-electron chi connectivity index (χ2n) is 8.88. The van der Waals surface area contributed by atoms with Gasteiger partial charge in [0.05, 0.1) is 24.2 Å². The summed E-state index contributed by atoms with van der Waals surface area (Å²) in [5, 5.41) is 6.11. The van der Waals surface area contributed by atoms with Gasteiger partial charge in [0, 0.05) is 26.6 Å². The van der Waals surface area contributed by atoms with Crippen molar-refractivity contribution in [2.75, 3.05) is 26.7 Å². The molecule has 3 amide bonds. The van der Waals surface area contributed by atoms with E-state index in [1.807, 2.05) is 53.4 Å². The number of aromatic amines is 1. The number of likely N-dealkylation sites (tertiary alicyclic amines) is 1. The van der Waals surface area contributed by atoms with E-state index in [2.05, 4.69) is 15.6 Å². The van der Waals surface area contributed by atoms with E-state index in [1.165, 1.54) is 0 Å². The van der Waals surface area contributed by atoms with Gasteiger partial charge in [-0.2, -0.15) is 0 Å². The first kappa shape index (κ1) is 23.6. The number of aromatic nitrogens is 2. The average Bonchev–Trinajstić information content (AvgIpc) is 3.29. The molecule has 1 aromatic heterocycles. The Bertz CT molecular complexity index is 1070. The summed E-state index contributed by atoms with van der Waals surface area (Å²) in [6.45, 7) is 3.84. The molecule has 1 aliphatic rings. The van der Waals surface area contributed by atoms with E-state index in [-0.39, 0.29) is 18.0 Å². The van der Waals surface area contributed by atoms with Gasteiger partial charge in [0.1, 0.15) is 11.6 Å². The maximum atomic E-state index is 12.8. The number of rotatable bonds is 8. The highest BCUT2D eigenvalue weighted by Crippen LogP contribution is 2.22. The summed E-state index contributed by atoms with van der Waals surface area (Å²) >= 11 is 0. The lowest BCUT2D eigenvalue weighted by Gasteiger charge is -2.31. The number of hydrogen-bond donors (Lipinski definition) is 3. The Balaban J connectivity index is 1.36. The zero-order valence-electron chi connectivity index (χ0n) is 19.8. The summed E-state index contributed by atoms with van der Waals surface area (Å²) in [4.78, 5) is 34.2. The molecule has 0 spiro atoms. The molecule has 4 rings (SSSR count). The number of para-hydroxylation sites is 2. The third-order valence-electron chi connectivity index (χ3n) is 6.54. The van der Waals surface area contributed by atoms with Crippen LogP contribution in [0.3, 0.4) is 0 Å². The lowest BCUT2D eigenvalue weighted by molar-refractivity contribution is -0.130. The first-order valence-electron chi connectivity index (χ1n) is 11.9. The number of urea groups is 1. The molecule has 1 saturated heterocycles. The Morgan fingerprint density at radius 3 is 2.56 bits per heavy atom. The fourth-order valence-electron chi connectivity index (χ4n) is 4.49. The topological polar surface area (TPSA) is 99.3 Å². The maximum Gasteiger partial charge on any atom is 0.315 e. The molecule has 1 fully saturated rings. The third-order valence-corrected chi connectivity index (χ3v) is 6.54. The smallest absolute Gasteiger partial charge is 0.315 e. The van der Waals surface area contributed by atoms with Gasteiger partial charge in [0.2, 0.25) is 5.91 Å². The highest BCUT2D eigenvalue weighted by Gasteiger charge is 2.22. The number of amides is 3. The molecule has 3 N–H and O–H groups in total. The van der Waals surface area contributed by atoms with Gasteiger partial charge in [-0.1, -0.05) is 24.3 Å². The molecule has 1 aliphatic heterocycles. The van der Waals surface area contributed by atoms with Gasteiger partial charge in [-0.25, -0.2) is 9.78 Å². The van der Waals surface area contributed by atoms with Crippen LogP contribution in [0.1, 0.15) is 43.6 Å². The number of methoxy groups -OCH3 is 1. The van der Waals surface area contributed by atoms with Crippen LogP contribution < -0.4 is 15.4 Å². The van der Waals surface area contributed by atoms with Crippen LogP contribution in [0.15, 0.2) is 48.5 Å². The van der Waals surface area contributed by atoms with Gasteiger partial charge >= 0.3 is 6.03 Å². The molecule has 8 heteroatoms.